The molecule has 2 saturated heterocycles. The quantitative estimate of drug-likeness (QED) is 0.586. The molecule has 4 rings (SSSR count). The van der Waals surface area contributed by atoms with Crippen LogP contribution in [0.1, 0.15) is 37.7 Å². The Kier molecular flexibility index (Phi) is 8.04. The Morgan fingerprint density at radius 1 is 1.00 bits per heavy atom. The van der Waals surface area contributed by atoms with Crippen molar-refractivity contribution in [2.24, 2.45) is 5.92 Å². The average molecular weight is 470 g/mol. The number of anilines is 2. The monoisotopic (exact) mass is 469 g/mol. The number of benzene rings is 2. The molecule has 2 N–H and O–H groups in total. The summed E-state index contributed by atoms with van der Waals surface area (Å²) in [6, 6.07) is 18.8. The molecule has 2 fully saturated rings. The first kappa shape index (κ1) is 23.8. The van der Waals surface area contributed by atoms with E-state index in [1.54, 1.807) is 0 Å². The molecule has 0 radical (unpaired) electrons. The van der Waals surface area contributed by atoms with Crippen molar-refractivity contribution >= 4 is 27.1 Å². The van der Waals surface area contributed by atoms with Crippen molar-refractivity contribution in [1.82, 2.24) is 5.32 Å². The SMILES string of the molecule is O=C(CCCc1ccccc1)Nc1cccc(N2CCC(NC[C@@H]3CCS(=O)(=O)C3)CC2)c1. The molecular weight excluding hydrogens is 434 g/mol. The van der Waals surface area contributed by atoms with Gasteiger partial charge in [0.05, 0.1) is 11.5 Å². The van der Waals surface area contributed by atoms with Gasteiger partial charge in [-0.3, -0.25) is 4.79 Å². The molecule has 0 aliphatic carbocycles. The minimum atomic E-state index is -2.80. The van der Waals surface area contributed by atoms with Gasteiger partial charge in [-0.15, -0.1) is 0 Å². The number of nitrogens with zero attached hydrogens (tertiary/aromatic N) is 1. The fourth-order valence-electron chi connectivity index (χ4n) is 4.81. The number of carbonyl (C=O) groups is 1. The summed E-state index contributed by atoms with van der Waals surface area (Å²) in [5.74, 6) is 1.00. The maximum atomic E-state index is 12.4. The summed E-state index contributed by atoms with van der Waals surface area (Å²) in [6.45, 7) is 2.71. The van der Waals surface area contributed by atoms with Crippen LogP contribution in [-0.4, -0.2) is 51.5 Å². The third kappa shape index (κ3) is 7.30. The van der Waals surface area contributed by atoms with Crippen molar-refractivity contribution in [3.05, 3.63) is 60.2 Å². The molecule has 2 heterocycles. The molecule has 6 nitrogen and oxygen atoms in total. The zero-order valence-electron chi connectivity index (χ0n) is 19.2. The summed E-state index contributed by atoms with van der Waals surface area (Å²) < 4.78 is 23.3. The highest BCUT2D eigenvalue weighted by Crippen LogP contribution is 2.24. The lowest BCUT2D eigenvalue weighted by Crippen LogP contribution is -2.44. The van der Waals surface area contributed by atoms with E-state index in [0.29, 0.717) is 24.0 Å². The van der Waals surface area contributed by atoms with Crippen molar-refractivity contribution in [2.45, 2.75) is 44.6 Å². The molecule has 2 aromatic carbocycles. The second-order valence-corrected chi connectivity index (χ2v) is 11.6. The van der Waals surface area contributed by atoms with E-state index >= 15 is 0 Å². The molecule has 2 aliphatic heterocycles. The van der Waals surface area contributed by atoms with Crippen LogP contribution in [0.3, 0.4) is 0 Å². The zero-order chi connectivity index (χ0) is 23.1. The Balaban J connectivity index is 1.19. The average Bonchev–Trinajstić information content (AvgIpc) is 3.17. The van der Waals surface area contributed by atoms with Crippen LogP contribution >= 0.6 is 0 Å². The van der Waals surface area contributed by atoms with Gasteiger partial charge in [-0.2, -0.15) is 0 Å². The van der Waals surface area contributed by atoms with Gasteiger partial charge in [0.25, 0.3) is 0 Å². The normalized spacial score (nSPS) is 20.6. The molecule has 0 bridgehead atoms. The third-order valence-corrected chi connectivity index (χ3v) is 8.56. The van der Waals surface area contributed by atoms with Gasteiger partial charge in [-0.05, 0) is 68.3 Å². The van der Waals surface area contributed by atoms with Gasteiger partial charge in [0.1, 0.15) is 0 Å². The second kappa shape index (κ2) is 11.2. The van der Waals surface area contributed by atoms with E-state index in [-0.39, 0.29) is 11.8 Å². The fourth-order valence-corrected chi connectivity index (χ4v) is 6.67. The molecule has 7 heteroatoms. The topological polar surface area (TPSA) is 78.5 Å². The molecule has 0 unspecified atom stereocenters. The number of hydrogen-bond acceptors (Lipinski definition) is 5. The Morgan fingerprint density at radius 3 is 2.52 bits per heavy atom. The summed E-state index contributed by atoms with van der Waals surface area (Å²) >= 11 is 0. The second-order valence-electron chi connectivity index (χ2n) is 9.38. The zero-order valence-corrected chi connectivity index (χ0v) is 20.0. The number of aryl methyl sites for hydroxylation is 1. The van der Waals surface area contributed by atoms with E-state index in [2.05, 4.69) is 39.8 Å². The van der Waals surface area contributed by atoms with E-state index in [1.807, 2.05) is 30.3 Å². The molecule has 1 amide bonds. The summed E-state index contributed by atoms with van der Waals surface area (Å²) in [6.07, 6.45) is 5.12. The standard InChI is InChI=1S/C26H35N3O3S/c30-26(11-4-8-21-6-2-1-3-7-21)28-24-9-5-10-25(18-24)29-15-12-23(13-16-29)27-19-22-14-17-33(31,32)20-22/h1-3,5-7,9-10,18,22-23,27H,4,8,11-17,19-20H2,(H,28,30)/t22-/m0/s1. The number of carbonyl (C=O) groups excluding carboxylic acids is 1. The van der Waals surface area contributed by atoms with Crippen molar-refractivity contribution in [3.8, 4) is 0 Å². The first-order valence-electron chi connectivity index (χ1n) is 12.1. The summed E-state index contributed by atoms with van der Waals surface area (Å²) in [5.41, 5.74) is 3.25. The van der Waals surface area contributed by atoms with Crippen LogP contribution in [0.25, 0.3) is 0 Å². The van der Waals surface area contributed by atoms with Crippen LogP contribution in [0.4, 0.5) is 11.4 Å². The van der Waals surface area contributed by atoms with Crippen LogP contribution < -0.4 is 15.5 Å². The molecule has 33 heavy (non-hydrogen) atoms. The van der Waals surface area contributed by atoms with Crippen LogP contribution in [0.2, 0.25) is 0 Å². The van der Waals surface area contributed by atoms with Crippen molar-refractivity contribution in [2.75, 3.05) is 41.4 Å². The Morgan fingerprint density at radius 2 is 1.79 bits per heavy atom. The minimum absolute atomic E-state index is 0.0555. The Hall–Kier alpha value is -2.38. The highest BCUT2D eigenvalue weighted by molar-refractivity contribution is 7.91. The van der Waals surface area contributed by atoms with Gasteiger partial charge >= 0.3 is 0 Å². The van der Waals surface area contributed by atoms with E-state index in [0.717, 1.165) is 63.1 Å². The summed E-state index contributed by atoms with van der Waals surface area (Å²) in [4.78, 5) is 14.7. The van der Waals surface area contributed by atoms with E-state index in [9.17, 15) is 13.2 Å². The highest BCUT2D eigenvalue weighted by Gasteiger charge is 2.28. The van der Waals surface area contributed by atoms with Crippen LogP contribution in [-0.2, 0) is 21.1 Å². The van der Waals surface area contributed by atoms with Gasteiger partial charge in [-0.25, -0.2) is 8.42 Å². The van der Waals surface area contributed by atoms with Gasteiger partial charge in [0, 0.05) is 36.9 Å². The molecule has 2 aromatic rings. The van der Waals surface area contributed by atoms with Crippen molar-refractivity contribution < 1.29 is 13.2 Å². The largest absolute Gasteiger partial charge is 0.371 e. The van der Waals surface area contributed by atoms with Gasteiger partial charge in [-0.1, -0.05) is 36.4 Å². The fraction of sp³-hybridized carbons (Fsp3) is 0.500. The predicted octanol–water partition coefficient (Wildman–Crippen LogP) is 3.64. The molecule has 0 spiro atoms. The predicted molar refractivity (Wildman–Crippen MR) is 134 cm³/mol. The van der Waals surface area contributed by atoms with E-state index in [1.165, 1.54) is 5.56 Å². The molecule has 1 atom stereocenters. The van der Waals surface area contributed by atoms with Gasteiger partial charge in [0.15, 0.2) is 9.84 Å². The van der Waals surface area contributed by atoms with Crippen LogP contribution in [0.15, 0.2) is 54.6 Å². The Labute approximate surface area is 197 Å². The third-order valence-electron chi connectivity index (χ3n) is 6.72. The van der Waals surface area contributed by atoms with Gasteiger partial charge in [0.2, 0.25) is 5.91 Å². The molecule has 178 valence electrons. The highest BCUT2D eigenvalue weighted by atomic mass is 32.2. The number of sulfone groups is 1. The van der Waals surface area contributed by atoms with E-state index in [4.69, 9.17) is 0 Å². The van der Waals surface area contributed by atoms with Gasteiger partial charge < -0.3 is 15.5 Å². The first-order valence-corrected chi connectivity index (χ1v) is 13.9. The van der Waals surface area contributed by atoms with E-state index < -0.39 is 9.84 Å². The number of hydrogen-bond donors (Lipinski definition) is 2. The lowest BCUT2D eigenvalue weighted by Gasteiger charge is -2.34. The molecule has 2 aliphatic rings. The summed E-state index contributed by atoms with van der Waals surface area (Å²) in [5, 5.41) is 6.64. The minimum Gasteiger partial charge on any atom is -0.371 e. The summed E-state index contributed by atoms with van der Waals surface area (Å²) in [7, 11) is -2.80. The molecule has 0 saturated carbocycles. The number of nitrogens with one attached hydrogen (secondary N) is 2. The number of rotatable bonds is 9. The van der Waals surface area contributed by atoms with Crippen LogP contribution in [0.5, 0.6) is 0 Å². The Bertz CT molecular complexity index is 1020. The lowest BCUT2D eigenvalue weighted by molar-refractivity contribution is -0.116. The van der Waals surface area contributed by atoms with Crippen molar-refractivity contribution in [3.63, 3.8) is 0 Å². The molecular formula is C26H35N3O3S. The lowest BCUT2D eigenvalue weighted by atomic mass is 10.0. The van der Waals surface area contributed by atoms with Crippen molar-refractivity contribution in [1.29, 1.82) is 0 Å². The van der Waals surface area contributed by atoms with Crippen LogP contribution in [0, 0.1) is 5.92 Å². The number of amides is 1. The maximum absolute atomic E-state index is 12.4. The molecule has 0 aromatic heterocycles. The smallest absolute Gasteiger partial charge is 0.224 e. The first-order chi connectivity index (χ1) is 16.0. The maximum Gasteiger partial charge on any atom is 0.224 e. The number of piperidine rings is 1.